The second-order valence-electron chi connectivity index (χ2n) is 2.14. The summed E-state index contributed by atoms with van der Waals surface area (Å²) >= 11 is 0. The third-order valence-electron chi connectivity index (χ3n) is 1.23. The summed E-state index contributed by atoms with van der Waals surface area (Å²) in [4.78, 5) is 17.4. The summed E-state index contributed by atoms with van der Waals surface area (Å²) in [6, 6.07) is 1.84. The van der Waals surface area contributed by atoms with Crippen molar-refractivity contribution in [1.29, 1.82) is 5.26 Å². The molecule has 6 nitrogen and oxygen atoms in total. The normalized spacial score (nSPS) is 8.85. The highest BCUT2D eigenvalue weighted by atomic mass is 16.4. The van der Waals surface area contributed by atoms with Gasteiger partial charge in [-0.2, -0.15) is 5.26 Å². The minimum absolute atomic E-state index is 0.0198. The number of nitrogens with zero attached hydrogens (tertiary/aromatic N) is 3. The van der Waals surface area contributed by atoms with Crippen molar-refractivity contribution in [2.24, 2.45) is 0 Å². The van der Waals surface area contributed by atoms with Gasteiger partial charge in [-0.3, -0.25) is 0 Å². The van der Waals surface area contributed by atoms with E-state index < -0.39 is 6.09 Å². The average Bonchev–Trinajstić information content (AvgIpc) is 2.15. The van der Waals surface area contributed by atoms with Gasteiger partial charge in [-0.15, -0.1) is 0 Å². The molecule has 1 aromatic heterocycles. The molecule has 6 heteroatoms. The van der Waals surface area contributed by atoms with E-state index >= 15 is 0 Å². The van der Waals surface area contributed by atoms with Gasteiger partial charge in [0, 0.05) is 12.4 Å². The molecule has 0 bridgehead atoms. The van der Waals surface area contributed by atoms with Crippen molar-refractivity contribution in [1.82, 2.24) is 15.3 Å². The predicted molar refractivity (Wildman–Crippen MR) is 39.0 cm³/mol. The van der Waals surface area contributed by atoms with Gasteiger partial charge in [-0.25, -0.2) is 9.97 Å². The molecule has 0 aliphatic carbocycles. The quantitative estimate of drug-likeness (QED) is 0.610. The number of hydrogen-bond donors (Lipinski definition) is 1. The molecule has 0 saturated carbocycles. The first-order chi connectivity index (χ1) is 6.22. The molecule has 0 fully saturated rings. The fraction of sp³-hybridized carbons (Fsp3) is 0.143. The zero-order valence-corrected chi connectivity index (χ0v) is 6.52. The Kier molecular flexibility index (Phi) is 2.76. The van der Waals surface area contributed by atoms with E-state index in [0.29, 0.717) is 11.4 Å². The van der Waals surface area contributed by atoms with Gasteiger partial charge in [0.15, 0.2) is 0 Å². The highest BCUT2D eigenvalue weighted by Crippen LogP contribution is 1.92. The van der Waals surface area contributed by atoms with Gasteiger partial charge in [0.2, 0.25) is 0 Å². The first-order valence-corrected chi connectivity index (χ1v) is 3.38. The van der Waals surface area contributed by atoms with Gasteiger partial charge < -0.3 is 15.2 Å². The number of carbonyl (C=O) groups excluding carboxylic acids is 1. The van der Waals surface area contributed by atoms with Crippen molar-refractivity contribution < 1.29 is 9.90 Å². The fourth-order valence-corrected chi connectivity index (χ4v) is 0.655. The van der Waals surface area contributed by atoms with E-state index in [1.807, 2.05) is 11.4 Å². The highest BCUT2D eigenvalue weighted by molar-refractivity contribution is 5.61. The van der Waals surface area contributed by atoms with Crippen LogP contribution in [-0.4, -0.2) is 16.1 Å². The van der Waals surface area contributed by atoms with Crippen molar-refractivity contribution in [3.8, 4) is 6.07 Å². The zero-order chi connectivity index (χ0) is 9.68. The van der Waals surface area contributed by atoms with Crippen molar-refractivity contribution >= 4 is 6.09 Å². The molecule has 13 heavy (non-hydrogen) atoms. The Morgan fingerprint density at radius 2 is 2.23 bits per heavy atom. The summed E-state index contributed by atoms with van der Waals surface area (Å²) < 4.78 is 0. The number of aromatic nitrogens is 2. The minimum Gasteiger partial charge on any atom is -0.530 e. The molecule has 1 aromatic rings. The Balaban J connectivity index is 2.60. The molecular weight excluding hydrogens is 172 g/mol. The molecule has 0 radical (unpaired) electrons. The molecule has 0 aliphatic heterocycles. The van der Waals surface area contributed by atoms with Gasteiger partial charge in [0.1, 0.15) is 18.0 Å². The number of amides is 1. The number of nitriles is 1. The van der Waals surface area contributed by atoms with Crippen LogP contribution < -0.4 is 10.4 Å². The van der Waals surface area contributed by atoms with Gasteiger partial charge in [0.25, 0.3) is 0 Å². The largest absolute Gasteiger partial charge is 0.530 e. The lowest BCUT2D eigenvalue weighted by Gasteiger charge is -2.03. The summed E-state index contributed by atoms with van der Waals surface area (Å²) in [6.45, 7) is -0.0198. The van der Waals surface area contributed by atoms with Crippen LogP contribution in [0, 0.1) is 11.3 Å². The van der Waals surface area contributed by atoms with Gasteiger partial charge in [-0.1, -0.05) is 0 Å². The third kappa shape index (κ3) is 2.75. The average molecular weight is 177 g/mol. The van der Waals surface area contributed by atoms with Crippen LogP contribution in [0.25, 0.3) is 0 Å². The zero-order valence-electron chi connectivity index (χ0n) is 6.52. The SMILES string of the molecule is N#Cc1cnc(CNC(=O)[O-])nc1. The summed E-state index contributed by atoms with van der Waals surface area (Å²) in [5, 5.41) is 20.4. The number of hydrogen-bond acceptors (Lipinski definition) is 5. The predicted octanol–water partition coefficient (Wildman–Crippen LogP) is -1.22. The maximum atomic E-state index is 9.97. The van der Waals surface area contributed by atoms with E-state index in [2.05, 4.69) is 9.97 Å². The topological polar surface area (TPSA) is 102 Å². The first kappa shape index (κ1) is 8.93. The fourth-order valence-electron chi connectivity index (χ4n) is 0.655. The maximum absolute atomic E-state index is 9.97. The van der Waals surface area contributed by atoms with Crippen LogP contribution in [-0.2, 0) is 6.54 Å². The number of nitrogens with one attached hydrogen (secondary N) is 1. The van der Waals surface area contributed by atoms with Gasteiger partial charge >= 0.3 is 0 Å². The molecule has 0 spiro atoms. The van der Waals surface area contributed by atoms with E-state index in [9.17, 15) is 9.90 Å². The Hall–Kier alpha value is -2.16. The van der Waals surface area contributed by atoms with E-state index in [1.54, 1.807) is 0 Å². The van der Waals surface area contributed by atoms with Crippen LogP contribution >= 0.6 is 0 Å². The lowest BCUT2D eigenvalue weighted by molar-refractivity contribution is -0.251. The highest BCUT2D eigenvalue weighted by Gasteiger charge is 1.95. The Labute approximate surface area is 73.9 Å². The minimum atomic E-state index is -1.38. The monoisotopic (exact) mass is 177 g/mol. The molecule has 1 amide bonds. The summed E-state index contributed by atoms with van der Waals surface area (Å²) in [6.07, 6.45) is 1.26. The van der Waals surface area contributed by atoms with Gasteiger partial charge in [-0.05, 0) is 0 Å². The molecule has 0 aromatic carbocycles. The Morgan fingerprint density at radius 1 is 1.62 bits per heavy atom. The van der Waals surface area contributed by atoms with Crippen molar-refractivity contribution in [3.05, 3.63) is 23.8 Å². The van der Waals surface area contributed by atoms with Crippen LogP contribution in [0.15, 0.2) is 12.4 Å². The van der Waals surface area contributed by atoms with Crippen LogP contribution in [0.4, 0.5) is 4.79 Å². The second kappa shape index (κ2) is 4.01. The molecule has 0 saturated heterocycles. The van der Waals surface area contributed by atoms with Crippen LogP contribution in [0.2, 0.25) is 0 Å². The van der Waals surface area contributed by atoms with E-state index in [-0.39, 0.29) is 6.54 Å². The summed E-state index contributed by atoms with van der Waals surface area (Å²) in [7, 11) is 0. The molecule has 66 valence electrons. The molecule has 0 atom stereocenters. The van der Waals surface area contributed by atoms with E-state index in [0.717, 1.165) is 0 Å². The number of rotatable bonds is 2. The standard InChI is InChI=1S/C7H6N4O2/c8-1-5-2-9-6(10-3-5)4-11-7(12)13/h2-3,11H,4H2,(H,12,13)/p-1. The smallest absolute Gasteiger partial charge is 0.147 e. The Bertz CT molecular complexity index is 341. The van der Waals surface area contributed by atoms with Crippen LogP contribution in [0.3, 0.4) is 0 Å². The van der Waals surface area contributed by atoms with Crippen molar-refractivity contribution in [2.75, 3.05) is 0 Å². The number of carboxylic acid groups (broad SMARTS) is 1. The molecule has 1 N–H and O–H groups in total. The lowest BCUT2D eigenvalue weighted by atomic mass is 10.4. The molecule has 1 heterocycles. The third-order valence-corrected chi connectivity index (χ3v) is 1.23. The number of carbonyl (C=O) groups is 1. The Morgan fingerprint density at radius 3 is 2.69 bits per heavy atom. The molecular formula is C7H5N4O2-. The van der Waals surface area contributed by atoms with E-state index in [4.69, 9.17) is 5.26 Å². The molecule has 1 rings (SSSR count). The van der Waals surface area contributed by atoms with Crippen molar-refractivity contribution in [2.45, 2.75) is 6.54 Å². The van der Waals surface area contributed by atoms with E-state index in [1.165, 1.54) is 12.4 Å². The second-order valence-corrected chi connectivity index (χ2v) is 2.14. The first-order valence-electron chi connectivity index (χ1n) is 3.38. The van der Waals surface area contributed by atoms with Gasteiger partial charge in [0.05, 0.1) is 12.1 Å². The molecule has 0 unspecified atom stereocenters. The summed E-state index contributed by atoms with van der Waals surface area (Å²) in [5.74, 6) is 0.295. The summed E-state index contributed by atoms with van der Waals surface area (Å²) in [5.41, 5.74) is 0.331. The van der Waals surface area contributed by atoms with Crippen molar-refractivity contribution in [3.63, 3.8) is 0 Å². The van der Waals surface area contributed by atoms with Crippen LogP contribution in [0.1, 0.15) is 11.4 Å². The lowest BCUT2D eigenvalue weighted by Crippen LogP contribution is -2.36. The van der Waals surface area contributed by atoms with Crippen LogP contribution in [0.5, 0.6) is 0 Å². The maximum Gasteiger partial charge on any atom is 0.147 e. The molecule has 0 aliphatic rings.